The van der Waals surface area contributed by atoms with Gasteiger partial charge in [-0.15, -0.1) is 0 Å². The van der Waals surface area contributed by atoms with E-state index >= 15 is 0 Å². The summed E-state index contributed by atoms with van der Waals surface area (Å²) in [6.07, 6.45) is 0.728. The fourth-order valence-corrected chi connectivity index (χ4v) is 6.75. The first-order valence-corrected chi connectivity index (χ1v) is 15.7. The normalized spacial score (nSPS) is 11.8. The molecule has 5 rings (SSSR count). The molecular formula is C33H28O5S2. The molecule has 0 amide bonds. The molecule has 0 aliphatic carbocycles. The third kappa shape index (κ3) is 6.01. The predicted molar refractivity (Wildman–Crippen MR) is 155 cm³/mol. The first-order chi connectivity index (χ1) is 19.1. The van der Waals surface area contributed by atoms with E-state index < -0.39 is 19.7 Å². The summed E-state index contributed by atoms with van der Waals surface area (Å²) >= 11 is 0. The Morgan fingerprint density at radius 3 is 1.07 bits per heavy atom. The van der Waals surface area contributed by atoms with Crippen LogP contribution >= 0.6 is 0 Å². The molecule has 0 saturated carbocycles. The van der Waals surface area contributed by atoms with Gasteiger partial charge in [-0.1, -0.05) is 59.7 Å². The van der Waals surface area contributed by atoms with E-state index in [0.717, 1.165) is 17.5 Å². The maximum atomic E-state index is 13.2. The summed E-state index contributed by atoms with van der Waals surface area (Å²) in [6.45, 7) is 3.94. The van der Waals surface area contributed by atoms with Gasteiger partial charge < -0.3 is 4.74 Å². The van der Waals surface area contributed by atoms with Crippen molar-refractivity contribution in [1.82, 2.24) is 0 Å². The van der Waals surface area contributed by atoms with E-state index in [4.69, 9.17) is 4.74 Å². The lowest BCUT2D eigenvalue weighted by atomic mass is 10.0. The molecule has 5 aromatic carbocycles. The van der Waals surface area contributed by atoms with Crippen molar-refractivity contribution in [1.29, 1.82) is 0 Å². The van der Waals surface area contributed by atoms with E-state index in [1.54, 1.807) is 60.7 Å². The Kier molecular flexibility index (Phi) is 7.61. The number of hydrogen-bond acceptors (Lipinski definition) is 5. The molecule has 0 saturated heterocycles. The fourth-order valence-electron chi connectivity index (χ4n) is 4.23. The molecule has 0 heterocycles. The van der Waals surface area contributed by atoms with Crippen molar-refractivity contribution in [3.63, 3.8) is 0 Å². The minimum atomic E-state index is -3.70. The van der Waals surface area contributed by atoms with Crippen LogP contribution in [0.2, 0.25) is 0 Å². The van der Waals surface area contributed by atoms with Gasteiger partial charge in [0.15, 0.2) is 0 Å². The molecule has 0 radical (unpaired) electrons. The molecule has 5 nitrogen and oxygen atoms in total. The van der Waals surface area contributed by atoms with Crippen molar-refractivity contribution in [2.75, 3.05) is 0 Å². The van der Waals surface area contributed by atoms with E-state index in [9.17, 15) is 16.8 Å². The highest BCUT2D eigenvalue weighted by molar-refractivity contribution is 7.91. The average molecular weight is 569 g/mol. The second kappa shape index (κ2) is 11.1. The van der Waals surface area contributed by atoms with Crippen LogP contribution in [0.4, 0.5) is 0 Å². The topological polar surface area (TPSA) is 77.5 Å². The molecule has 0 unspecified atom stereocenters. The number of hydrogen-bond donors (Lipinski definition) is 0. The number of sulfone groups is 2. The zero-order valence-electron chi connectivity index (χ0n) is 22.1. The quantitative estimate of drug-likeness (QED) is 0.196. The molecule has 0 aromatic heterocycles. The molecule has 0 aliphatic rings. The van der Waals surface area contributed by atoms with Gasteiger partial charge in [-0.2, -0.15) is 0 Å². The largest absolute Gasteiger partial charge is 0.457 e. The molecule has 0 N–H and O–H groups in total. The van der Waals surface area contributed by atoms with Crippen molar-refractivity contribution in [2.45, 2.75) is 39.9 Å². The van der Waals surface area contributed by atoms with Gasteiger partial charge in [-0.3, -0.25) is 0 Å². The van der Waals surface area contributed by atoms with Crippen LogP contribution in [0.25, 0.3) is 0 Å². The molecule has 0 spiro atoms. The van der Waals surface area contributed by atoms with Crippen LogP contribution in [-0.2, 0) is 26.1 Å². The molecule has 202 valence electrons. The zero-order valence-corrected chi connectivity index (χ0v) is 23.7. The van der Waals surface area contributed by atoms with Crippen LogP contribution in [0.5, 0.6) is 11.5 Å². The van der Waals surface area contributed by atoms with Crippen LogP contribution in [0.3, 0.4) is 0 Å². The van der Waals surface area contributed by atoms with Gasteiger partial charge in [0.2, 0.25) is 19.7 Å². The average Bonchev–Trinajstić information content (AvgIpc) is 2.95. The molecule has 7 heteroatoms. The van der Waals surface area contributed by atoms with Gasteiger partial charge >= 0.3 is 0 Å². The summed E-state index contributed by atoms with van der Waals surface area (Å²) in [4.78, 5) is 0.768. The minimum Gasteiger partial charge on any atom is -0.457 e. The van der Waals surface area contributed by atoms with Gasteiger partial charge in [0.1, 0.15) is 11.5 Å². The van der Waals surface area contributed by atoms with Crippen LogP contribution in [0, 0.1) is 13.8 Å². The summed E-state index contributed by atoms with van der Waals surface area (Å²) in [7, 11) is -7.33. The maximum absolute atomic E-state index is 13.2. The van der Waals surface area contributed by atoms with Crippen LogP contribution in [0.15, 0.2) is 141 Å². The zero-order chi connectivity index (χ0) is 28.3. The summed E-state index contributed by atoms with van der Waals surface area (Å²) < 4.78 is 57.9. The van der Waals surface area contributed by atoms with E-state index in [2.05, 4.69) is 24.3 Å². The smallest absolute Gasteiger partial charge is 0.206 e. The SMILES string of the molecule is Cc1ccc(Cc2ccc(S(=O)(=O)c3ccc(Oc4ccc(S(=O)(=O)c5ccc(C)cc5)cc4)cc3)cc2)cc1. The molecule has 0 atom stereocenters. The third-order valence-corrected chi connectivity index (χ3v) is 10.2. The lowest BCUT2D eigenvalue weighted by molar-refractivity contribution is 0.481. The van der Waals surface area contributed by atoms with E-state index in [0.29, 0.717) is 11.5 Å². The van der Waals surface area contributed by atoms with Crippen molar-refractivity contribution in [2.24, 2.45) is 0 Å². The van der Waals surface area contributed by atoms with Gasteiger partial charge in [0.05, 0.1) is 19.6 Å². The van der Waals surface area contributed by atoms with Crippen LogP contribution < -0.4 is 4.74 Å². The fraction of sp³-hybridized carbons (Fsp3) is 0.0909. The second-order valence-corrected chi connectivity index (χ2v) is 13.6. The molecule has 0 fully saturated rings. The minimum absolute atomic E-state index is 0.158. The van der Waals surface area contributed by atoms with Gasteiger partial charge in [0, 0.05) is 0 Å². The first kappa shape index (κ1) is 27.4. The summed E-state index contributed by atoms with van der Waals surface area (Å²) in [5.41, 5.74) is 4.38. The standard InChI is InChI=1S/C33H28O5S2/c1-24-3-7-26(8-4-24)23-27-9-17-31(18-10-27)40(36,37)33-21-13-29(14-22-33)38-28-11-19-32(20-12-28)39(34,35)30-15-5-25(2)6-16-30/h3-22H,23H2,1-2H3. The van der Waals surface area contributed by atoms with Crippen molar-refractivity contribution in [3.8, 4) is 11.5 Å². The number of benzene rings is 5. The Labute approximate surface area is 235 Å². The highest BCUT2D eigenvalue weighted by Gasteiger charge is 2.19. The summed E-state index contributed by atoms with van der Waals surface area (Å²) in [5, 5.41) is 0. The number of rotatable bonds is 8. The van der Waals surface area contributed by atoms with E-state index in [1.165, 1.54) is 35.4 Å². The molecule has 0 bridgehead atoms. The van der Waals surface area contributed by atoms with Gasteiger partial charge in [-0.25, -0.2) is 16.8 Å². The van der Waals surface area contributed by atoms with Crippen molar-refractivity contribution < 1.29 is 21.6 Å². The third-order valence-electron chi connectivity index (χ3n) is 6.60. The lowest BCUT2D eigenvalue weighted by Crippen LogP contribution is -2.02. The second-order valence-electron chi connectivity index (χ2n) is 9.67. The Morgan fingerprint density at radius 2 is 0.700 bits per heavy atom. The Bertz CT molecular complexity index is 1820. The number of aryl methyl sites for hydroxylation is 2. The maximum Gasteiger partial charge on any atom is 0.206 e. The van der Waals surface area contributed by atoms with Gasteiger partial charge in [-0.05, 0) is 104 Å². The van der Waals surface area contributed by atoms with Crippen molar-refractivity contribution >= 4 is 19.7 Å². The molecular weight excluding hydrogens is 540 g/mol. The van der Waals surface area contributed by atoms with Crippen molar-refractivity contribution in [3.05, 3.63) is 144 Å². The summed E-state index contributed by atoms with van der Waals surface area (Å²) in [5.74, 6) is 0.865. The molecule has 40 heavy (non-hydrogen) atoms. The Balaban J connectivity index is 1.26. The summed E-state index contributed by atoms with van der Waals surface area (Å²) in [6, 6.07) is 34.2. The molecule has 0 aliphatic heterocycles. The monoisotopic (exact) mass is 568 g/mol. The van der Waals surface area contributed by atoms with E-state index in [-0.39, 0.29) is 19.6 Å². The highest BCUT2D eigenvalue weighted by atomic mass is 32.2. The van der Waals surface area contributed by atoms with E-state index in [1.807, 2.05) is 26.0 Å². The van der Waals surface area contributed by atoms with Crippen LogP contribution in [-0.4, -0.2) is 16.8 Å². The van der Waals surface area contributed by atoms with Gasteiger partial charge in [0.25, 0.3) is 0 Å². The lowest BCUT2D eigenvalue weighted by Gasteiger charge is -2.10. The highest BCUT2D eigenvalue weighted by Crippen LogP contribution is 2.28. The predicted octanol–water partition coefficient (Wildman–Crippen LogP) is 7.35. The van der Waals surface area contributed by atoms with Crippen LogP contribution in [0.1, 0.15) is 22.3 Å². The number of ether oxygens (including phenoxy) is 1. The molecule has 5 aromatic rings. The first-order valence-electron chi connectivity index (χ1n) is 12.7. The Hall–Kier alpha value is -4.20. The Morgan fingerprint density at radius 1 is 0.425 bits per heavy atom.